The minimum Gasteiger partial charge on any atom is -0.339 e. The molecule has 112 valence electrons. The molecule has 0 aromatic heterocycles. The Bertz CT molecular complexity index is 393. The summed E-state index contributed by atoms with van der Waals surface area (Å²) in [6.45, 7) is 1.99. The van der Waals surface area contributed by atoms with Crippen molar-refractivity contribution in [1.29, 1.82) is 0 Å². The summed E-state index contributed by atoms with van der Waals surface area (Å²) >= 11 is 0. The van der Waals surface area contributed by atoms with Gasteiger partial charge in [0.25, 0.3) is 0 Å². The van der Waals surface area contributed by atoms with Crippen LogP contribution in [-0.2, 0) is 9.59 Å². The maximum atomic E-state index is 12.6. The number of hydrogen-bond acceptors (Lipinski definition) is 3. The van der Waals surface area contributed by atoms with Crippen molar-refractivity contribution < 1.29 is 9.59 Å². The van der Waals surface area contributed by atoms with E-state index >= 15 is 0 Å². The van der Waals surface area contributed by atoms with E-state index in [1.54, 1.807) is 0 Å². The van der Waals surface area contributed by atoms with E-state index in [-0.39, 0.29) is 23.8 Å². The van der Waals surface area contributed by atoms with Crippen LogP contribution in [0.3, 0.4) is 0 Å². The Balaban J connectivity index is 1.63. The van der Waals surface area contributed by atoms with E-state index in [2.05, 4.69) is 0 Å². The molecule has 2 heterocycles. The minimum atomic E-state index is -0.129. The maximum absolute atomic E-state index is 12.6. The number of amides is 2. The van der Waals surface area contributed by atoms with Crippen molar-refractivity contribution in [1.82, 2.24) is 9.80 Å². The lowest BCUT2D eigenvalue weighted by Crippen LogP contribution is -2.44. The molecule has 1 aliphatic carbocycles. The first-order chi connectivity index (χ1) is 9.70. The van der Waals surface area contributed by atoms with Gasteiger partial charge in [-0.25, -0.2) is 0 Å². The lowest BCUT2D eigenvalue weighted by molar-refractivity contribution is -0.136. The second-order valence-electron chi connectivity index (χ2n) is 6.45. The fourth-order valence-corrected chi connectivity index (χ4v) is 4.07. The topological polar surface area (TPSA) is 66.6 Å². The molecule has 3 fully saturated rings. The number of carbonyl (C=O) groups excluding carboxylic acids is 2. The quantitative estimate of drug-likeness (QED) is 0.828. The zero-order valence-corrected chi connectivity index (χ0v) is 12.1. The highest BCUT2D eigenvalue weighted by molar-refractivity contribution is 5.89. The first-order valence-corrected chi connectivity index (χ1v) is 8.00. The van der Waals surface area contributed by atoms with Crippen molar-refractivity contribution in [2.24, 2.45) is 11.7 Å². The van der Waals surface area contributed by atoms with Gasteiger partial charge in [0.05, 0.1) is 5.92 Å². The number of rotatable bonds is 3. The molecule has 0 aromatic carbocycles. The monoisotopic (exact) mass is 279 g/mol. The third kappa shape index (κ3) is 2.43. The van der Waals surface area contributed by atoms with Crippen LogP contribution < -0.4 is 5.73 Å². The van der Waals surface area contributed by atoms with Gasteiger partial charge in [0.1, 0.15) is 0 Å². The first-order valence-electron chi connectivity index (χ1n) is 8.00. The van der Waals surface area contributed by atoms with E-state index in [1.165, 1.54) is 12.8 Å². The summed E-state index contributed by atoms with van der Waals surface area (Å²) in [6, 6.07) is 0.585. The summed E-state index contributed by atoms with van der Waals surface area (Å²) in [5.41, 5.74) is 5.74. The summed E-state index contributed by atoms with van der Waals surface area (Å²) in [5, 5.41) is 0. The third-order valence-corrected chi connectivity index (χ3v) is 5.21. The van der Waals surface area contributed by atoms with Gasteiger partial charge < -0.3 is 15.5 Å². The van der Waals surface area contributed by atoms with Crippen molar-refractivity contribution in [3.05, 3.63) is 0 Å². The number of carbonyl (C=O) groups is 2. The van der Waals surface area contributed by atoms with E-state index in [0.717, 1.165) is 32.2 Å². The molecule has 20 heavy (non-hydrogen) atoms. The lowest BCUT2D eigenvalue weighted by Gasteiger charge is -2.27. The molecule has 0 bridgehead atoms. The number of likely N-dealkylation sites (tertiary alicyclic amines) is 2. The Morgan fingerprint density at radius 1 is 1.20 bits per heavy atom. The molecule has 3 aliphatic rings. The van der Waals surface area contributed by atoms with Crippen molar-refractivity contribution in [3.8, 4) is 0 Å². The molecule has 2 unspecified atom stereocenters. The van der Waals surface area contributed by atoms with Crippen LogP contribution in [0.2, 0.25) is 0 Å². The summed E-state index contributed by atoms with van der Waals surface area (Å²) in [6.07, 6.45) is 7.12. The summed E-state index contributed by atoms with van der Waals surface area (Å²) in [4.78, 5) is 28.7. The molecule has 1 saturated carbocycles. The Kier molecular flexibility index (Phi) is 3.96. The average Bonchev–Trinajstić information content (AvgIpc) is 3.17. The molecule has 2 atom stereocenters. The Labute approximate surface area is 120 Å². The highest BCUT2D eigenvalue weighted by atomic mass is 16.2. The van der Waals surface area contributed by atoms with Crippen LogP contribution in [0.25, 0.3) is 0 Å². The maximum Gasteiger partial charge on any atom is 0.228 e. The molecule has 0 radical (unpaired) electrons. The predicted molar refractivity (Wildman–Crippen MR) is 75.9 cm³/mol. The van der Waals surface area contributed by atoms with Gasteiger partial charge in [-0.1, -0.05) is 12.8 Å². The molecule has 0 aromatic rings. The number of hydrogen-bond donors (Lipinski definition) is 1. The number of nitrogens with two attached hydrogens (primary N) is 1. The SMILES string of the molecule is NCC1CCCN1C(=O)C1CC(=O)N(C2CCCC2)C1. The van der Waals surface area contributed by atoms with Crippen LogP contribution >= 0.6 is 0 Å². The minimum absolute atomic E-state index is 0.129. The normalized spacial score (nSPS) is 31.6. The third-order valence-electron chi connectivity index (χ3n) is 5.21. The van der Waals surface area contributed by atoms with Crippen LogP contribution in [-0.4, -0.2) is 53.3 Å². The van der Waals surface area contributed by atoms with E-state index in [1.807, 2.05) is 9.80 Å². The standard InChI is InChI=1S/C15H25N3O2/c16-9-13-6-3-7-17(13)15(20)11-8-14(19)18(10-11)12-4-1-2-5-12/h11-13H,1-10,16H2. The molecule has 5 heteroatoms. The first kappa shape index (κ1) is 13.9. The Morgan fingerprint density at radius 3 is 2.65 bits per heavy atom. The fourth-order valence-electron chi connectivity index (χ4n) is 4.07. The van der Waals surface area contributed by atoms with Crippen molar-refractivity contribution in [2.75, 3.05) is 19.6 Å². The van der Waals surface area contributed by atoms with E-state index < -0.39 is 0 Å². The van der Waals surface area contributed by atoms with Crippen molar-refractivity contribution in [2.45, 2.75) is 57.0 Å². The molecular weight excluding hydrogens is 254 g/mol. The predicted octanol–water partition coefficient (Wildman–Crippen LogP) is 0.727. The Morgan fingerprint density at radius 2 is 1.95 bits per heavy atom. The van der Waals surface area contributed by atoms with Crippen molar-refractivity contribution in [3.63, 3.8) is 0 Å². The highest BCUT2D eigenvalue weighted by Gasteiger charge is 2.41. The molecule has 0 spiro atoms. The summed E-state index contributed by atoms with van der Waals surface area (Å²) < 4.78 is 0. The van der Waals surface area contributed by atoms with E-state index in [4.69, 9.17) is 5.73 Å². The lowest BCUT2D eigenvalue weighted by atomic mass is 10.1. The van der Waals surface area contributed by atoms with Crippen molar-refractivity contribution >= 4 is 11.8 Å². The van der Waals surface area contributed by atoms with Gasteiger partial charge in [-0.15, -0.1) is 0 Å². The summed E-state index contributed by atoms with van der Waals surface area (Å²) in [7, 11) is 0. The fraction of sp³-hybridized carbons (Fsp3) is 0.867. The highest BCUT2D eigenvalue weighted by Crippen LogP contribution is 2.31. The van der Waals surface area contributed by atoms with Gasteiger partial charge in [-0.05, 0) is 25.7 Å². The molecule has 5 nitrogen and oxygen atoms in total. The Hall–Kier alpha value is -1.10. The van der Waals surface area contributed by atoms with Gasteiger partial charge >= 0.3 is 0 Å². The summed E-state index contributed by atoms with van der Waals surface area (Å²) in [5.74, 6) is 0.209. The smallest absolute Gasteiger partial charge is 0.228 e. The molecule has 2 saturated heterocycles. The van der Waals surface area contributed by atoms with Gasteiger partial charge in [0, 0.05) is 38.1 Å². The second-order valence-corrected chi connectivity index (χ2v) is 6.45. The second kappa shape index (κ2) is 5.72. The molecule has 2 N–H and O–H groups in total. The van der Waals surface area contributed by atoms with Crippen LogP contribution in [0.5, 0.6) is 0 Å². The van der Waals surface area contributed by atoms with Gasteiger partial charge in [-0.3, -0.25) is 9.59 Å². The molecule has 3 rings (SSSR count). The van der Waals surface area contributed by atoms with Crippen LogP contribution in [0.15, 0.2) is 0 Å². The van der Waals surface area contributed by atoms with E-state index in [9.17, 15) is 9.59 Å². The molecule has 2 aliphatic heterocycles. The number of nitrogens with zero attached hydrogens (tertiary/aromatic N) is 2. The zero-order chi connectivity index (χ0) is 14.1. The van der Waals surface area contributed by atoms with Crippen LogP contribution in [0, 0.1) is 5.92 Å². The van der Waals surface area contributed by atoms with Gasteiger partial charge in [0.15, 0.2) is 0 Å². The average molecular weight is 279 g/mol. The molecular formula is C15H25N3O2. The van der Waals surface area contributed by atoms with Crippen LogP contribution in [0.1, 0.15) is 44.9 Å². The van der Waals surface area contributed by atoms with Crippen LogP contribution in [0.4, 0.5) is 0 Å². The largest absolute Gasteiger partial charge is 0.339 e. The van der Waals surface area contributed by atoms with E-state index in [0.29, 0.717) is 25.6 Å². The van der Waals surface area contributed by atoms with Gasteiger partial charge in [-0.2, -0.15) is 0 Å². The molecule has 2 amide bonds. The zero-order valence-electron chi connectivity index (χ0n) is 12.1. The van der Waals surface area contributed by atoms with Gasteiger partial charge in [0.2, 0.25) is 11.8 Å².